The van der Waals surface area contributed by atoms with Crippen LogP contribution in [0.3, 0.4) is 0 Å². The number of carboxylic acid groups (broad SMARTS) is 1. The number of nitriles is 1. The minimum atomic E-state index is -0.250. The Labute approximate surface area is 166 Å². The SMILES string of the molecule is C#C.C[C@H]1CCCN1c1nc(Nc2ncc(C#N)s2)c2cccn2n1.O=CO. The van der Waals surface area contributed by atoms with Gasteiger partial charge < -0.3 is 15.3 Å². The summed E-state index contributed by atoms with van der Waals surface area (Å²) in [5, 5.41) is 24.3. The molecular weight excluding hydrogens is 378 g/mol. The second kappa shape index (κ2) is 9.90. The summed E-state index contributed by atoms with van der Waals surface area (Å²) in [5.41, 5.74) is 0.884. The van der Waals surface area contributed by atoms with Gasteiger partial charge in [0.2, 0.25) is 5.95 Å². The zero-order valence-electron chi connectivity index (χ0n) is 15.2. The van der Waals surface area contributed by atoms with Gasteiger partial charge in [-0.3, -0.25) is 4.79 Å². The maximum atomic E-state index is 8.93. The van der Waals surface area contributed by atoms with Crippen LogP contribution in [-0.4, -0.2) is 43.7 Å². The first-order valence-corrected chi connectivity index (χ1v) is 9.14. The van der Waals surface area contributed by atoms with E-state index in [1.807, 2.05) is 22.8 Å². The Morgan fingerprint density at radius 3 is 2.86 bits per heavy atom. The second-order valence-corrected chi connectivity index (χ2v) is 6.69. The van der Waals surface area contributed by atoms with E-state index in [9.17, 15) is 0 Å². The normalized spacial score (nSPS) is 14.9. The Kier molecular flexibility index (Phi) is 7.31. The molecule has 0 bridgehead atoms. The minimum absolute atomic E-state index is 0.250. The quantitative estimate of drug-likeness (QED) is 0.511. The van der Waals surface area contributed by atoms with Gasteiger partial charge in [-0.2, -0.15) is 10.2 Å². The topological polar surface area (TPSA) is 119 Å². The average molecular weight is 397 g/mol. The van der Waals surface area contributed by atoms with Crippen molar-refractivity contribution in [3.05, 3.63) is 29.4 Å². The number of fused-ring (bicyclic) bond motifs is 1. The number of aromatic nitrogens is 4. The lowest BCUT2D eigenvalue weighted by atomic mass is 10.2. The summed E-state index contributed by atoms with van der Waals surface area (Å²) < 4.78 is 1.83. The number of carbonyl (C=O) groups is 1. The molecule has 0 unspecified atom stereocenters. The van der Waals surface area contributed by atoms with Gasteiger partial charge >= 0.3 is 0 Å². The number of hydrogen-bond donors (Lipinski definition) is 2. The first-order valence-electron chi connectivity index (χ1n) is 8.32. The van der Waals surface area contributed by atoms with Gasteiger partial charge in [-0.1, -0.05) is 11.3 Å². The maximum Gasteiger partial charge on any atom is 0.290 e. The van der Waals surface area contributed by atoms with Gasteiger partial charge in [-0.05, 0) is 31.9 Å². The molecule has 3 aromatic rings. The van der Waals surface area contributed by atoms with Crippen LogP contribution in [-0.2, 0) is 4.79 Å². The van der Waals surface area contributed by atoms with E-state index in [1.165, 1.54) is 11.3 Å². The first-order chi connectivity index (χ1) is 13.7. The highest BCUT2D eigenvalue weighted by atomic mass is 32.1. The van der Waals surface area contributed by atoms with Crippen LogP contribution in [0.2, 0.25) is 0 Å². The smallest absolute Gasteiger partial charge is 0.290 e. The molecule has 1 fully saturated rings. The Bertz CT molecular complexity index is 989. The van der Waals surface area contributed by atoms with E-state index in [0.717, 1.165) is 30.9 Å². The van der Waals surface area contributed by atoms with Gasteiger partial charge in [-0.25, -0.2) is 9.50 Å². The fraction of sp³-hybridized carbons (Fsp3) is 0.278. The molecule has 10 heteroatoms. The number of rotatable bonds is 3. The third-order valence-corrected chi connectivity index (χ3v) is 4.85. The van der Waals surface area contributed by atoms with Crippen molar-refractivity contribution in [1.82, 2.24) is 19.6 Å². The summed E-state index contributed by atoms with van der Waals surface area (Å²) in [6, 6.07) is 6.44. The zero-order valence-corrected chi connectivity index (χ0v) is 16.0. The predicted molar refractivity (Wildman–Crippen MR) is 108 cm³/mol. The highest BCUT2D eigenvalue weighted by Crippen LogP contribution is 2.28. The van der Waals surface area contributed by atoms with Crippen molar-refractivity contribution in [2.45, 2.75) is 25.8 Å². The van der Waals surface area contributed by atoms with Crippen molar-refractivity contribution in [1.29, 1.82) is 5.26 Å². The molecule has 4 rings (SSSR count). The Morgan fingerprint density at radius 1 is 1.50 bits per heavy atom. The van der Waals surface area contributed by atoms with Crippen molar-refractivity contribution >= 4 is 40.2 Å². The van der Waals surface area contributed by atoms with Crippen LogP contribution in [0.25, 0.3) is 5.52 Å². The number of nitrogens with zero attached hydrogens (tertiary/aromatic N) is 6. The van der Waals surface area contributed by atoms with Crippen LogP contribution in [0.5, 0.6) is 0 Å². The fourth-order valence-corrected chi connectivity index (χ4v) is 3.46. The molecule has 2 N–H and O–H groups in total. The van der Waals surface area contributed by atoms with Crippen LogP contribution in [0.1, 0.15) is 24.6 Å². The molecule has 0 radical (unpaired) electrons. The standard InChI is InChI=1S/C15H15N7S.C2H2.CH2O2/c1-10-4-2-6-21(10)14-18-13(12-5-3-7-22(12)20-14)19-15-17-9-11(8-16)23-15;1-2;2-1-3/h3,5,7,9-10H,2,4,6H2,1H3,(H,17,18,19,20);1-2H;1H,(H,2,3)/t10-;;/m0../s1. The maximum absolute atomic E-state index is 8.93. The lowest BCUT2D eigenvalue weighted by Gasteiger charge is -2.21. The molecule has 1 aliphatic rings. The Hall–Kier alpha value is -3.63. The van der Waals surface area contributed by atoms with Crippen LogP contribution in [0, 0.1) is 24.2 Å². The lowest BCUT2D eigenvalue weighted by molar-refractivity contribution is -0.122. The van der Waals surface area contributed by atoms with Crippen molar-refractivity contribution in [2.24, 2.45) is 0 Å². The van der Waals surface area contributed by atoms with Gasteiger partial charge in [-0.15, -0.1) is 17.9 Å². The second-order valence-electron chi connectivity index (χ2n) is 5.65. The van der Waals surface area contributed by atoms with Crippen molar-refractivity contribution in [2.75, 3.05) is 16.8 Å². The summed E-state index contributed by atoms with van der Waals surface area (Å²) >= 11 is 1.31. The molecule has 144 valence electrons. The summed E-state index contributed by atoms with van der Waals surface area (Å²) in [6.07, 6.45) is 13.8. The average Bonchev–Trinajstić information content (AvgIpc) is 3.44. The van der Waals surface area contributed by atoms with E-state index in [0.29, 0.717) is 21.9 Å². The van der Waals surface area contributed by atoms with Crippen molar-refractivity contribution in [3.8, 4) is 18.9 Å². The van der Waals surface area contributed by atoms with Crippen LogP contribution >= 0.6 is 11.3 Å². The summed E-state index contributed by atoms with van der Waals surface area (Å²) in [5.74, 6) is 1.43. The molecule has 0 aromatic carbocycles. The van der Waals surface area contributed by atoms with Crippen LogP contribution < -0.4 is 10.2 Å². The molecule has 0 amide bonds. The Morgan fingerprint density at radius 2 is 2.25 bits per heavy atom. The largest absolute Gasteiger partial charge is 0.483 e. The molecule has 1 atom stereocenters. The molecule has 9 nitrogen and oxygen atoms in total. The number of nitrogens with one attached hydrogen (secondary N) is 1. The number of terminal acetylenes is 1. The molecule has 28 heavy (non-hydrogen) atoms. The third-order valence-electron chi connectivity index (χ3n) is 4.03. The predicted octanol–water partition coefficient (Wildman–Crippen LogP) is 2.74. The molecule has 0 saturated carbocycles. The molecule has 1 saturated heterocycles. The first kappa shape index (κ1) is 20.7. The van der Waals surface area contributed by atoms with Gasteiger partial charge in [0.1, 0.15) is 16.5 Å². The number of hydrogen-bond acceptors (Lipinski definition) is 8. The zero-order chi connectivity index (χ0) is 20.5. The highest BCUT2D eigenvalue weighted by molar-refractivity contribution is 7.16. The van der Waals surface area contributed by atoms with Gasteiger partial charge in [0.05, 0.1) is 6.20 Å². The van der Waals surface area contributed by atoms with E-state index in [4.69, 9.17) is 20.1 Å². The molecular formula is C18H19N7O2S. The molecule has 1 aliphatic heterocycles. The van der Waals surface area contributed by atoms with Gasteiger partial charge in [0, 0.05) is 18.8 Å². The molecule has 4 heterocycles. The fourth-order valence-electron chi connectivity index (χ4n) is 2.85. The number of thiazole rings is 1. The summed E-state index contributed by atoms with van der Waals surface area (Å²) in [6.45, 7) is 2.92. The Balaban J connectivity index is 0.000000514. The van der Waals surface area contributed by atoms with Crippen LogP contribution in [0.4, 0.5) is 16.9 Å². The van der Waals surface area contributed by atoms with Crippen LogP contribution in [0.15, 0.2) is 24.5 Å². The third kappa shape index (κ3) is 4.55. The minimum Gasteiger partial charge on any atom is -0.483 e. The lowest BCUT2D eigenvalue weighted by Crippen LogP contribution is -2.29. The number of anilines is 3. The molecule has 0 aliphatic carbocycles. The summed E-state index contributed by atoms with van der Waals surface area (Å²) in [7, 11) is 0. The monoisotopic (exact) mass is 397 g/mol. The van der Waals surface area contributed by atoms with E-state index in [-0.39, 0.29) is 6.47 Å². The van der Waals surface area contributed by atoms with Crippen molar-refractivity contribution in [3.63, 3.8) is 0 Å². The molecule has 3 aromatic heterocycles. The van der Waals surface area contributed by atoms with Gasteiger partial charge in [0.15, 0.2) is 10.9 Å². The molecule has 0 spiro atoms. The van der Waals surface area contributed by atoms with Crippen molar-refractivity contribution < 1.29 is 9.90 Å². The van der Waals surface area contributed by atoms with E-state index < -0.39 is 0 Å². The summed E-state index contributed by atoms with van der Waals surface area (Å²) in [4.78, 5) is 20.1. The van der Waals surface area contributed by atoms with Gasteiger partial charge in [0.25, 0.3) is 6.47 Å². The highest BCUT2D eigenvalue weighted by Gasteiger charge is 2.24. The van der Waals surface area contributed by atoms with E-state index in [1.54, 1.807) is 6.20 Å². The van der Waals surface area contributed by atoms with E-state index >= 15 is 0 Å². The van der Waals surface area contributed by atoms with E-state index in [2.05, 4.69) is 46.1 Å².